The fourth-order valence-electron chi connectivity index (χ4n) is 1.64. The van der Waals surface area contributed by atoms with Crippen molar-refractivity contribution in [2.45, 2.75) is 26.9 Å². The minimum absolute atomic E-state index is 0.784. The molecule has 5 nitrogen and oxygen atoms in total. The van der Waals surface area contributed by atoms with Gasteiger partial charge in [0.15, 0.2) is 0 Å². The molecule has 5 heteroatoms. The van der Waals surface area contributed by atoms with E-state index in [9.17, 15) is 0 Å². The summed E-state index contributed by atoms with van der Waals surface area (Å²) >= 11 is 0. The van der Waals surface area contributed by atoms with E-state index >= 15 is 0 Å². The average Bonchev–Trinajstić information content (AvgIpc) is 2.82. The Bertz CT molecular complexity index is 468. The zero-order valence-electron chi connectivity index (χ0n) is 9.94. The van der Waals surface area contributed by atoms with Gasteiger partial charge >= 0.3 is 0 Å². The van der Waals surface area contributed by atoms with Crippen LogP contribution in [0.25, 0.3) is 0 Å². The van der Waals surface area contributed by atoms with Crippen LogP contribution in [0.4, 0.5) is 5.69 Å². The van der Waals surface area contributed by atoms with Crippen molar-refractivity contribution in [2.75, 3.05) is 5.32 Å². The molecule has 0 bridgehead atoms. The predicted octanol–water partition coefficient (Wildman–Crippen LogP) is 1.56. The Kier molecular flexibility index (Phi) is 2.94. The van der Waals surface area contributed by atoms with Crippen molar-refractivity contribution in [3.63, 3.8) is 0 Å². The van der Waals surface area contributed by atoms with Gasteiger partial charge in [-0.25, -0.2) is 0 Å². The van der Waals surface area contributed by atoms with Gasteiger partial charge < -0.3 is 5.32 Å². The number of aromatic nitrogens is 4. The molecule has 0 radical (unpaired) electrons. The van der Waals surface area contributed by atoms with E-state index in [0.717, 1.165) is 24.5 Å². The molecule has 86 valence electrons. The quantitative estimate of drug-likeness (QED) is 0.848. The Morgan fingerprint density at radius 2 is 2.19 bits per heavy atom. The van der Waals surface area contributed by atoms with Crippen LogP contribution in [0.15, 0.2) is 18.6 Å². The first-order valence-electron chi connectivity index (χ1n) is 5.44. The van der Waals surface area contributed by atoms with E-state index in [0.29, 0.717) is 0 Å². The lowest BCUT2D eigenvalue weighted by Gasteiger charge is -2.01. The third kappa shape index (κ3) is 2.24. The average molecular weight is 219 g/mol. The summed E-state index contributed by atoms with van der Waals surface area (Å²) < 4.78 is 3.74. The molecule has 16 heavy (non-hydrogen) atoms. The fourth-order valence-corrected chi connectivity index (χ4v) is 1.64. The van der Waals surface area contributed by atoms with Crippen LogP contribution < -0.4 is 5.32 Å². The predicted molar refractivity (Wildman–Crippen MR) is 63.2 cm³/mol. The third-order valence-electron chi connectivity index (χ3n) is 2.51. The minimum Gasteiger partial charge on any atom is -0.378 e. The number of anilines is 1. The van der Waals surface area contributed by atoms with Crippen LogP contribution in [0, 0.1) is 6.92 Å². The summed E-state index contributed by atoms with van der Waals surface area (Å²) in [5.41, 5.74) is 3.28. The van der Waals surface area contributed by atoms with Crippen LogP contribution >= 0.6 is 0 Å². The molecule has 0 aromatic carbocycles. The molecule has 1 N–H and O–H groups in total. The highest BCUT2D eigenvalue weighted by atomic mass is 15.3. The molecule has 0 aliphatic heterocycles. The molecule has 0 atom stereocenters. The van der Waals surface area contributed by atoms with Crippen LogP contribution in [0.5, 0.6) is 0 Å². The van der Waals surface area contributed by atoms with Crippen LogP contribution in [-0.4, -0.2) is 19.6 Å². The number of rotatable bonds is 4. The van der Waals surface area contributed by atoms with Crippen molar-refractivity contribution in [1.29, 1.82) is 0 Å². The summed E-state index contributed by atoms with van der Waals surface area (Å²) in [6.07, 6.45) is 5.93. The second-order valence-corrected chi connectivity index (χ2v) is 3.86. The minimum atomic E-state index is 0.784. The Hall–Kier alpha value is -1.78. The SMILES string of the molecule is CCn1cc(CNc2cn(C)nc2C)cn1. The zero-order chi connectivity index (χ0) is 11.5. The van der Waals surface area contributed by atoms with E-state index in [1.807, 2.05) is 35.7 Å². The van der Waals surface area contributed by atoms with E-state index in [-0.39, 0.29) is 0 Å². The molecular weight excluding hydrogens is 202 g/mol. The highest BCUT2D eigenvalue weighted by Crippen LogP contribution is 2.12. The van der Waals surface area contributed by atoms with Crippen molar-refractivity contribution < 1.29 is 0 Å². The van der Waals surface area contributed by atoms with Crippen molar-refractivity contribution in [1.82, 2.24) is 19.6 Å². The number of hydrogen-bond acceptors (Lipinski definition) is 3. The monoisotopic (exact) mass is 219 g/mol. The maximum absolute atomic E-state index is 4.28. The summed E-state index contributed by atoms with van der Waals surface area (Å²) in [5, 5.41) is 11.9. The second-order valence-electron chi connectivity index (χ2n) is 3.86. The van der Waals surface area contributed by atoms with Gasteiger partial charge in [-0.1, -0.05) is 0 Å². The first-order chi connectivity index (χ1) is 7.69. The highest BCUT2D eigenvalue weighted by molar-refractivity contribution is 5.45. The van der Waals surface area contributed by atoms with Gasteiger partial charge in [-0.15, -0.1) is 0 Å². The number of nitrogens with one attached hydrogen (secondary N) is 1. The molecule has 0 spiro atoms. The summed E-state index contributed by atoms with van der Waals surface area (Å²) in [4.78, 5) is 0. The summed E-state index contributed by atoms with van der Waals surface area (Å²) in [6, 6.07) is 0. The van der Waals surface area contributed by atoms with Crippen molar-refractivity contribution >= 4 is 5.69 Å². The Balaban J connectivity index is 1.99. The molecule has 0 saturated heterocycles. The molecule has 2 heterocycles. The van der Waals surface area contributed by atoms with Gasteiger partial charge in [0, 0.05) is 38.1 Å². The largest absolute Gasteiger partial charge is 0.378 e. The van der Waals surface area contributed by atoms with Gasteiger partial charge in [-0.05, 0) is 13.8 Å². The van der Waals surface area contributed by atoms with Crippen molar-refractivity contribution in [2.24, 2.45) is 7.05 Å². The molecular formula is C11H17N5. The van der Waals surface area contributed by atoms with Crippen LogP contribution in [0.1, 0.15) is 18.2 Å². The molecule has 0 fully saturated rings. The lowest BCUT2D eigenvalue weighted by Crippen LogP contribution is -1.99. The molecule has 2 aromatic heterocycles. The Morgan fingerprint density at radius 3 is 2.75 bits per heavy atom. The Morgan fingerprint density at radius 1 is 1.38 bits per heavy atom. The summed E-state index contributed by atoms with van der Waals surface area (Å²) in [6.45, 7) is 5.77. The van der Waals surface area contributed by atoms with Gasteiger partial charge in [-0.2, -0.15) is 10.2 Å². The highest BCUT2D eigenvalue weighted by Gasteiger charge is 2.03. The van der Waals surface area contributed by atoms with Crippen LogP contribution in [0.3, 0.4) is 0 Å². The third-order valence-corrected chi connectivity index (χ3v) is 2.51. The van der Waals surface area contributed by atoms with Gasteiger partial charge in [-0.3, -0.25) is 9.36 Å². The topological polar surface area (TPSA) is 47.7 Å². The lowest BCUT2D eigenvalue weighted by atomic mass is 10.3. The van der Waals surface area contributed by atoms with Crippen LogP contribution in [0.2, 0.25) is 0 Å². The van der Waals surface area contributed by atoms with E-state index in [1.54, 1.807) is 0 Å². The number of nitrogens with zero attached hydrogens (tertiary/aromatic N) is 4. The van der Waals surface area contributed by atoms with Crippen molar-refractivity contribution in [3.8, 4) is 0 Å². The van der Waals surface area contributed by atoms with Crippen LogP contribution in [-0.2, 0) is 20.1 Å². The molecule has 2 aromatic rings. The van der Waals surface area contributed by atoms with E-state index in [2.05, 4.69) is 28.6 Å². The first kappa shape index (κ1) is 10.7. The molecule has 0 saturated carbocycles. The van der Waals surface area contributed by atoms with E-state index in [4.69, 9.17) is 0 Å². The molecule has 2 rings (SSSR count). The van der Waals surface area contributed by atoms with Gasteiger partial charge in [0.25, 0.3) is 0 Å². The van der Waals surface area contributed by atoms with E-state index in [1.165, 1.54) is 5.56 Å². The fraction of sp³-hybridized carbons (Fsp3) is 0.455. The zero-order valence-corrected chi connectivity index (χ0v) is 9.94. The number of hydrogen-bond donors (Lipinski definition) is 1. The Labute approximate surface area is 95.1 Å². The second kappa shape index (κ2) is 4.38. The maximum Gasteiger partial charge on any atom is 0.0825 e. The first-order valence-corrected chi connectivity index (χ1v) is 5.44. The lowest BCUT2D eigenvalue weighted by molar-refractivity contribution is 0.659. The molecule has 0 aliphatic rings. The molecule has 0 aliphatic carbocycles. The van der Waals surface area contributed by atoms with E-state index < -0.39 is 0 Å². The standard InChI is InChI=1S/C11H17N5/c1-4-16-7-10(6-13-16)5-12-11-8-15(3)14-9(11)2/h6-8,12H,4-5H2,1-3H3. The maximum atomic E-state index is 4.28. The van der Waals surface area contributed by atoms with Gasteiger partial charge in [0.1, 0.15) is 0 Å². The molecule has 0 unspecified atom stereocenters. The summed E-state index contributed by atoms with van der Waals surface area (Å²) in [5.74, 6) is 0. The summed E-state index contributed by atoms with van der Waals surface area (Å²) in [7, 11) is 1.92. The van der Waals surface area contributed by atoms with Gasteiger partial charge in [0.05, 0.1) is 17.6 Å². The van der Waals surface area contributed by atoms with Gasteiger partial charge in [0.2, 0.25) is 0 Å². The van der Waals surface area contributed by atoms with Crippen molar-refractivity contribution in [3.05, 3.63) is 29.8 Å². The molecule has 0 amide bonds. The smallest absolute Gasteiger partial charge is 0.0825 e. The normalized spacial score (nSPS) is 10.7. The number of aryl methyl sites for hydroxylation is 3.